The van der Waals surface area contributed by atoms with Crippen LogP contribution in [0.1, 0.15) is 16.8 Å². The van der Waals surface area contributed by atoms with Crippen LogP contribution >= 0.6 is 0 Å². The van der Waals surface area contributed by atoms with Crippen LogP contribution in [0.5, 0.6) is 5.75 Å². The van der Waals surface area contributed by atoms with Gasteiger partial charge in [-0.15, -0.1) is 0 Å². The Morgan fingerprint density at radius 3 is 2.71 bits per heavy atom. The van der Waals surface area contributed by atoms with Crippen molar-refractivity contribution in [3.8, 4) is 5.75 Å². The number of hydrogen-bond acceptors (Lipinski definition) is 2. The quantitative estimate of drug-likeness (QED) is 0.756. The van der Waals surface area contributed by atoms with Crippen LogP contribution in [0.15, 0.2) is 48.5 Å². The van der Waals surface area contributed by atoms with E-state index in [1.54, 1.807) is 12.1 Å². The molecule has 3 heteroatoms. The summed E-state index contributed by atoms with van der Waals surface area (Å²) in [5.41, 5.74) is 5.40. The number of para-hydroxylation sites is 1. The molecule has 0 saturated heterocycles. The van der Waals surface area contributed by atoms with Gasteiger partial charge >= 0.3 is 0 Å². The van der Waals surface area contributed by atoms with Gasteiger partial charge in [-0.2, -0.15) is 0 Å². The van der Waals surface area contributed by atoms with Gasteiger partial charge in [0.05, 0.1) is 0 Å². The number of phenolic OH excluding ortho intramolecular Hbond substituents is 1. The maximum atomic E-state index is 9.43. The van der Waals surface area contributed by atoms with Crippen LogP contribution in [-0.4, -0.2) is 16.2 Å². The zero-order valence-electron chi connectivity index (χ0n) is 11.8. The van der Waals surface area contributed by atoms with Crippen LogP contribution in [0.2, 0.25) is 0 Å². The number of aromatic nitrogens is 1. The Bertz CT molecular complexity index is 787. The third-order valence-electron chi connectivity index (χ3n) is 4.32. The fourth-order valence-electron chi connectivity index (χ4n) is 3.29. The Morgan fingerprint density at radius 2 is 1.86 bits per heavy atom. The van der Waals surface area contributed by atoms with Crippen LogP contribution < -0.4 is 5.32 Å². The molecule has 2 heterocycles. The Hall–Kier alpha value is -2.26. The fourth-order valence-corrected chi connectivity index (χ4v) is 3.29. The molecule has 4 rings (SSSR count). The van der Waals surface area contributed by atoms with Crippen LogP contribution in [0.4, 0.5) is 0 Å². The monoisotopic (exact) mass is 278 g/mol. The van der Waals surface area contributed by atoms with E-state index in [2.05, 4.69) is 34.1 Å². The summed E-state index contributed by atoms with van der Waals surface area (Å²) in [6.45, 7) is 2.83. The third kappa shape index (κ3) is 2.10. The van der Waals surface area contributed by atoms with Crippen molar-refractivity contribution in [1.29, 1.82) is 0 Å². The van der Waals surface area contributed by atoms with Gasteiger partial charge in [-0.3, -0.25) is 0 Å². The van der Waals surface area contributed by atoms with E-state index in [4.69, 9.17) is 0 Å². The summed E-state index contributed by atoms with van der Waals surface area (Å²) in [4.78, 5) is 0. The van der Waals surface area contributed by atoms with Crippen molar-refractivity contribution < 1.29 is 5.11 Å². The molecule has 2 N–H and O–H groups in total. The summed E-state index contributed by atoms with van der Waals surface area (Å²) in [5.74, 6) is 0.319. The number of aromatic hydroxyl groups is 1. The van der Waals surface area contributed by atoms with Crippen molar-refractivity contribution in [2.45, 2.75) is 19.5 Å². The molecule has 21 heavy (non-hydrogen) atoms. The number of benzene rings is 2. The molecule has 0 radical (unpaired) electrons. The van der Waals surface area contributed by atoms with E-state index in [-0.39, 0.29) is 0 Å². The molecule has 0 spiro atoms. The van der Waals surface area contributed by atoms with Crippen LogP contribution in [-0.2, 0) is 19.5 Å². The highest BCUT2D eigenvalue weighted by Crippen LogP contribution is 2.29. The summed E-state index contributed by atoms with van der Waals surface area (Å²) in [7, 11) is 0. The lowest BCUT2D eigenvalue weighted by atomic mass is 10.0. The topological polar surface area (TPSA) is 37.2 Å². The normalized spacial score (nSPS) is 14.3. The summed E-state index contributed by atoms with van der Waals surface area (Å²) < 4.78 is 2.41. The predicted molar refractivity (Wildman–Crippen MR) is 84.6 cm³/mol. The summed E-state index contributed by atoms with van der Waals surface area (Å²) in [6, 6.07) is 16.2. The lowest BCUT2D eigenvalue weighted by Gasteiger charge is -2.17. The van der Waals surface area contributed by atoms with Crippen molar-refractivity contribution >= 4 is 10.9 Å². The molecule has 0 fully saturated rings. The maximum absolute atomic E-state index is 9.43. The Morgan fingerprint density at radius 1 is 1.05 bits per heavy atom. The molecule has 1 aliphatic heterocycles. The van der Waals surface area contributed by atoms with Crippen molar-refractivity contribution in [2.75, 3.05) is 6.54 Å². The SMILES string of the molecule is Oc1ccc(Cn2c3c(c4ccccc42)CCNC3)cc1. The molecule has 0 amide bonds. The minimum absolute atomic E-state index is 0.319. The summed E-state index contributed by atoms with van der Waals surface area (Å²) >= 11 is 0. The van der Waals surface area contributed by atoms with Gasteiger partial charge in [0.2, 0.25) is 0 Å². The highest BCUT2D eigenvalue weighted by molar-refractivity contribution is 5.86. The molecular formula is C18H18N2O. The number of phenols is 1. The molecule has 0 atom stereocenters. The molecule has 0 bridgehead atoms. The second-order valence-corrected chi connectivity index (χ2v) is 5.62. The third-order valence-corrected chi connectivity index (χ3v) is 4.32. The molecule has 1 aromatic heterocycles. The molecule has 0 saturated carbocycles. The first-order valence-electron chi connectivity index (χ1n) is 7.40. The summed E-state index contributed by atoms with van der Waals surface area (Å²) in [5, 5.41) is 14.3. The van der Waals surface area contributed by atoms with Gasteiger partial charge in [0.1, 0.15) is 5.75 Å². The predicted octanol–water partition coefficient (Wildman–Crippen LogP) is 3.04. The van der Waals surface area contributed by atoms with Crippen LogP contribution in [0, 0.1) is 0 Å². The molecule has 3 nitrogen and oxygen atoms in total. The summed E-state index contributed by atoms with van der Waals surface area (Å²) in [6.07, 6.45) is 1.10. The number of fused-ring (bicyclic) bond motifs is 3. The van der Waals surface area contributed by atoms with E-state index >= 15 is 0 Å². The smallest absolute Gasteiger partial charge is 0.115 e. The molecule has 106 valence electrons. The van der Waals surface area contributed by atoms with E-state index < -0.39 is 0 Å². The van der Waals surface area contributed by atoms with Crippen LogP contribution in [0.25, 0.3) is 10.9 Å². The number of nitrogens with one attached hydrogen (secondary N) is 1. The van der Waals surface area contributed by atoms with Gasteiger partial charge in [0, 0.05) is 29.7 Å². The number of rotatable bonds is 2. The maximum Gasteiger partial charge on any atom is 0.115 e. The standard InChI is InChI=1S/C18H18N2O/c21-14-7-5-13(6-8-14)12-20-17-4-2-1-3-15(17)16-9-10-19-11-18(16)20/h1-8,19,21H,9-12H2. The number of hydrogen-bond donors (Lipinski definition) is 2. The van der Waals surface area contributed by atoms with E-state index in [0.717, 1.165) is 26.1 Å². The van der Waals surface area contributed by atoms with Gasteiger partial charge < -0.3 is 15.0 Å². The Balaban J connectivity index is 1.85. The molecule has 1 aliphatic rings. The van der Waals surface area contributed by atoms with Gasteiger partial charge in [-0.05, 0) is 42.3 Å². The van der Waals surface area contributed by atoms with Gasteiger partial charge in [0.25, 0.3) is 0 Å². The van der Waals surface area contributed by atoms with E-state index in [1.165, 1.54) is 27.7 Å². The highest BCUT2D eigenvalue weighted by Gasteiger charge is 2.19. The van der Waals surface area contributed by atoms with Gasteiger partial charge in [-0.1, -0.05) is 30.3 Å². The minimum Gasteiger partial charge on any atom is -0.508 e. The Kier molecular flexibility index (Phi) is 2.93. The van der Waals surface area contributed by atoms with Crippen molar-refractivity contribution in [3.63, 3.8) is 0 Å². The molecule has 2 aromatic carbocycles. The highest BCUT2D eigenvalue weighted by atomic mass is 16.3. The zero-order chi connectivity index (χ0) is 14.2. The molecule has 0 unspecified atom stereocenters. The largest absolute Gasteiger partial charge is 0.508 e. The first kappa shape index (κ1) is 12.5. The molecular weight excluding hydrogens is 260 g/mol. The van der Waals surface area contributed by atoms with Crippen LogP contribution in [0.3, 0.4) is 0 Å². The minimum atomic E-state index is 0.319. The first-order valence-corrected chi connectivity index (χ1v) is 7.40. The lowest BCUT2D eigenvalue weighted by molar-refractivity contribution is 0.475. The van der Waals surface area contributed by atoms with E-state index in [1.807, 2.05) is 12.1 Å². The lowest BCUT2D eigenvalue weighted by Crippen LogP contribution is -2.25. The van der Waals surface area contributed by atoms with Crippen molar-refractivity contribution in [1.82, 2.24) is 9.88 Å². The average Bonchev–Trinajstić information content (AvgIpc) is 2.85. The van der Waals surface area contributed by atoms with Gasteiger partial charge in [0.15, 0.2) is 0 Å². The van der Waals surface area contributed by atoms with Gasteiger partial charge in [-0.25, -0.2) is 0 Å². The second-order valence-electron chi connectivity index (χ2n) is 5.62. The number of nitrogens with zero attached hydrogens (tertiary/aromatic N) is 1. The van der Waals surface area contributed by atoms with Crippen molar-refractivity contribution in [3.05, 3.63) is 65.4 Å². The van der Waals surface area contributed by atoms with E-state index in [0.29, 0.717) is 5.75 Å². The second kappa shape index (κ2) is 4.93. The van der Waals surface area contributed by atoms with Crippen molar-refractivity contribution in [2.24, 2.45) is 0 Å². The molecule has 3 aromatic rings. The average molecular weight is 278 g/mol. The van der Waals surface area contributed by atoms with E-state index in [9.17, 15) is 5.11 Å². The first-order chi connectivity index (χ1) is 10.3. The fraction of sp³-hybridized carbons (Fsp3) is 0.222. The Labute approximate surface area is 123 Å². The zero-order valence-corrected chi connectivity index (χ0v) is 11.8. The molecule has 0 aliphatic carbocycles.